The smallest absolute Gasteiger partial charge is 0.284 e. The number of rotatable bonds is 5. The van der Waals surface area contributed by atoms with Crippen molar-refractivity contribution in [2.24, 2.45) is 0 Å². The van der Waals surface area contributed by atoms with Crippen LogP contribution in [0.2, 0.25) is 0 Å². The molecule has 0 saturated heterocycles. The lowest BCUT2D eigenvalue weighted by atomic mass is 10.1. The van der Waals surface area contributed by atoms with Gasteiger partial charge in [0, 0.05) is 29.7 Å². The Morgan fingerprint density at radius 2 is 2.00 bits per heavy atom. The second-order valence-corrected chi connectivity index (χ2v) is 6.78. The normalized spacial score (nSPS) is 11.5. The van der Waals surface area contributed by atoms with Gasteiger partial charge in [-0.25, -0.2) is 14.1 Å². The van der Waals surface area contributed by atoms with Gasteiger partial charge in [0.15, 0.2) is 5.82 Å². The van der Waals surface area contributed by atoms with Crippen molar-refractivity contribution in [2.75, 3.05) is 0 Å². The molecule has 2 N–H and O–H groups in total. The number of carbonyl (C=O) groups excluding carboxylic acids is 1. The van der Waals surface area contributed by atoms with Crippen LogP contribution in [0, 0.1) is 5.82 Å². The molecule has 2 aromatic heterocycles. The van der Waals surface area contributed by atoms with Crippen LogP contribution >= 0.6 is 0 Å². The number of pyridine rings is 1. The van der Waals surface area contributed by atoms with Crippen LogP contribution in [0.5, 0.6) is 0 Å². The van der Waals surface area contributed by atoms with Gasteiger partial charge in [-0.3, -0.25) is 4.79 Å². The number of fused-ring (bicyclic) bond motifs is 1. The Labute approximate surface area is 137 Å². The van der Waals surface area contributed by atoms with E-state index in [1.165, 1.54) is 6.07 Å². The van der Waals surface area contributed by atoms with E-state index in [4.69, 9.17) is 0 Å². The number of aromatic nitrogens is 2. The van der Waals surface area contributed by atoms with Crippen LogP contribution in [0.3, 0.4) is 0 Å². The summed E-state index contributed by atoms with van der Waals surface area (Å²) in [4.78, 5) is 18.5. The summed E-state index contributed by atoms with van der Waals surface area (Å²) < 4.78 is 39.4. The summed E-state index contributed by atoms with van der Waals surface area (Å²) in [6.45, 7) is 0. The van der Waals surface area contributed by atoms with Crippen molar-refractivity contribution in [3.63, 3.8) is 0 Å². The van der Waals surface area contributed by atoms with Crippen LogP contribution in [-0.2, 0) is 21.2 Å². The average molecular weight is 347 g/mol. The van der Waals surface area contributed by atoms with Gasteiger partial charge >= 0.3 is 0 Å². The standard InChI is InChI=1S/C16H14FN3O3S/c17-13-5-3-9-18-16(13)24(22,23)20-15(21)8-7-11-10-19-14-6-2-1-4-12(11)14/h1-6,9-10,19H,7-8H2,(H,20,21). The largest absolute Gasteiger partial charge is 0.361 e. The molecule has 2 heterocycles. The molecule has 3 aromatic rings. The summed E-state index contributed by atoms with van der Waals surface area (Å²) in [6, 6.07) is 9.84. The molecule has 124 valence electrons. The van der Waals surface area contributed by atoms with Crippen molar-refractivity contribution in [3.05, 3.63) is 60.2 Å². The lowest BCUT2D eigenvalue weighted by Crippen LogP contribution is -2.31. The number of sulfonamides is 1. The summed E-state index contributed by atoms with van der Waals surface area (Å²) in [5.41, 5.74) is 1.85. The van der Waals surface area contributed by atoms with Crippen molar-refractivity contribution < 1.29 is 17.6 Å². The number of hydrogen-bond acceptors (Lipinski definition) is 4. The second kappa shape index (κ2) is 6.40. The molecule has 8 heteroatoms. The number of benzene rings is 1. The quantitative estimate of drug-likeness (QED) is 0.740. The first-order valence-electron chi connectivity index (χ1n) is 7.18. The van der Waals surface area contributed by atoms with Crippen LogP contribution in [-0.4, -0.2) is 24.3 Å². The lowest BCUT2D eigenvalue weighted by molar-refractivity contribution is -0.119. The molecule has 0 unspecified atom stereocenters. The van der Waals surface area contributed by atoms with Gasteiger partial charge in [0.1, 0.15) is 0 Å². The maximum atomic E-state index is 13.5. The second-order valence-electron chi connectivity index (χ2n) is 5.18. The van der Waals surface area contributed by atoms with E-state index < -0.39 is 26.8 Å². The molecule has 1 amide bonds. The fourth-order valence-corrected chi connectivity index (χ4v) is 3.43. The van der Waals surface area contributed by atoms with Gasteiger partial charge < -0.3 is 4.98 Å². The van der Waals surface area contributed by atoms with E-state index >= 15 is 0 Å². The van der Waals surface area contributed by atoms with Crippen molar-refractivity contribution in [1.29, 1.82) is 0 Å². The Kier molecular flexibility index (Phi) is 4.30. The van der Waals surface area contributed by atoms with Gasteiger partial charge in [0.25, 0.3) is 10.0 Å². The number of H-pyrrole nitrogens is 1. The van der Waals surface area contributed by atoms with Gasteiger partial charge in [-0.05, 0) is 30.2 Å². The van der Waals surface area contributed by atoms with Crippen molar-refractivity contribution in [3.8, 4) is 0 Å². The topological polar surface area (TPSA) is 91.9 Å². The van der Waals surface area contributed by atoms with E-state index in [0.717, 1.165) is 28.7 Å². The SMILES string of the molecule is O=C(CCc1c[nH]c2ccccc12)NS(=O)(=O)c1ncccc1F. The summed E-state index contributed by atoms with van der Waals surface area (Å²) >= 11 is 0. The third-order valence-electron chi connectivity index (χ3n) is 3.52. The molecule has 6 nitrogen and oxygen atoms in total. The molecule has 0 bridgehead atoms. The Hall–Kier alpha value is -2.74. The van der Waals surface area contributed by atoms with Gasteiger partial charge in [0.05, 0.1) is 0 Å². The number of halogens is 1. The zero-order valence-corrected chi connectivity index (χ0v) is 13.3. The van der Waals surface area contributed by atoms with E-state index in [9.17, 15) is 17.6 Å². The highest BCUT2D eigenvalue weighted by molar-refractivity contribution is 7.90. The van der Waals surface area contributed by atoms with Gasteiger partial charge in [-0.2, -0.15) is 8.42 Å². The van der Waals surface area contributed by atoms with Crippen LogP contribution in [0.4, 0.5) is 4.39 Å². The molecule has 1 aromatic carbocycles. The highest BCUT2D eigenvalue weighted by atomic mass is 32.2. The third kappa shape index (κ3) is 3.28. The highest BCUT2D eigenvalue weighted by Gasteiger charge is 2.22. The van der Waals surface area contributed by atoms with Crippen LogP contribution in [0.15, 0.2) is 53.8 Å². The minimum absolute atomic E-state index is 0.0461. The van der Waals surface area contributed by atoms with E-state index in [0.29, 0.717) is 6.42 Å². The highest BCUT2D eigenvalue weighted by Crippen LogP contribution is 2.19. The average Bonchev–Trinajstić information content (AvgIpc) is 2.96. The van der Waals surface area contributed by atoms with Crippen molar-refractivity contribution >= 4 is 26.8 Å². The van der Waals surface area contributed by atoms with Crippen LogP contribution in [0.1, 0.15) is 12.0 Å². The number of aryl methyl sites for hydroxylation is 1. The molecular weight excluding hydrogens is 333 g/mol. The minimum Gasteiger partial charge on any atom is -0.361 e. The molecule has 0 saturated carbocycles. The van der Waals surface area contributed by atoms with Gasteiger partial charge in [-0.1, -0.05) is 18.2 Å². The fourth-order valence-electron chi connectivity index (χ4n) is 2.40. The number of carbonyl (C=O) groups is 1. The number of hydrogen-bond donors (Lipinski definition) is 2. The number of nitrogens with zero attached hydrogens (tertiary/aromatic N) is 1. The van der Waals surface area contributed by atoms with E-state index in [1.807, 2.05) is 29.0 Å². The first-order chi connectivity index (χ1) is 11.5. The predicted molar refractivity (Wildman–Crippen MR) is 86.1 cm³/mol. The molecule has 0 radical (unpaired) electrons. The molecule has 0 aliphatic rings. The Balaban J connectivity index is 1.69. The first-order valence-corrected chi connectivity index (χ1v) is 8.67. The van der Waals surface area contributed by atoms with Crippen LogP contribution in [0.25, 0.3) is 10.9 Å². The van der Waals surface area contributed by atoms with Gasteiger partial charge in [-0.15, -0.1) is 0 Å². The van der Waals surface area contributed by atoms with E-state index in [1.54, 1.807) is 6.20 Å². The number of nitrogens with one attached hydrogen (secondary N) is 2. The van der Waals surface area contributed by atoms with E-state index in [2.05, 4.69) is 9.97 Å². The third-order valence-corrected chi connectivity index (χ3v) is 4.83. The molecular formula is C16H14FN3O3S. The summed E-state index contributed by atoms with van der Waals surface area (Å²) in [6.07, 6.45) is 3.24. The van der Waals surface area contributed by atoms with Crippen molar-refractivity contribution in [1.82, 2.24) is 14.7 Å². The van der Waals surface area contributed by atoms with Crippen LogP contribution < -0.4 is 4.72 Å². The maximum Gasteiger partial charge on any atom is 0.284 e. The Morgan fingerprint density at radius 3 is 2.79 bits per heavy atom. The molecule has 3 rings (SSSR count). The fraction of sp³-hybridized carbons (Fsp3) is 0.125. The zero-order valence-electron chi connectivity index (χ0n) is 12.5. The molecule has 24 heavy (non-hydrogen) atoms. The van der Waals surface area contributed by atoms with Gasteiger partial charge in [0.2, 0.25) is 10.9 Å². The predicted octanol–water partition coefficient (Wildman–Crippen LogP) is 2.14. The molecule has 0 fully saturated rings. The Morgan fingerprint density at radius 1 is 1.21 bits per heavy atom. The van der Waals surface area contributed by atoms with Crippen molar-refractivity contribution in [2.45, 2.75) is 17.9 Å². The maximum absolute atomic E-state index is 13.5. The zero-order chi connectivity index (χ0) is 17.2. The number of para-hydroxylation sites is 1. The van der Waals surface area contributed by atoms with E-state index in [-0.39, 0.29) is 6.42 Å². The summed E-state index contributed by atoms with van der Waals surface area (Å²) in [5.74, 6) is -1.72. The lowest BCUT2D eigenvalue weighted by Gasteiger charge is -2.06. The minimum atomic E-state index is -4.32. The monoisotopic (exact) mass is 347 g/mol. The number of amides is 1. The first kappa shape index (κ1) is 16.1. The Bertz CT molecular complexity index is 998. The number of aromatic amines is 1. The summed E-state index contributed by atoms with van der Waals surface area (Å²) in [5, 5.41) is 0.189. The molecule has 0 atom stereocenters. The molecule has 0 spiro atoms. The molecule has 0 aliphatic carbocycles. The molecule has 0 aliphatic heterocycles. The summed E-state index contributed by atoms with van der Waals surface area (Å²) in [7, 11) is -4.32.